The van der Waals surface area contributed by atoms with Gasteiger partial charge in [0.1, 0.15) is 5.82 Å². The predicted octanol–water partition coefficient (Wildman–Crippen LogP) is 2.51. The maximum Gasteiger partial charge on any atom is 0.123 e. The van der Waals surface area contributed by atoms with E-state index in [2.05, 4.69) is 13.8 Å². The summed E-state index contributed by atoms with van der Waals surface area (Å²) in [5.74, 6) is 0.278. The molecule has 0 saturated carbocycles. The molecule has 0 radical (unpaired) electrons. The highest BCUT2D eigenvalue weighted by molar-refractivity contribution is 5.19. The molecule has 0 bridgehead atoms. The van der Waals surface area contributed by atoms with Crippen molar-refractivity contribution in [1.29, 1.82) is 0 Å². The zero-order chi connectivity index (χ0) is 13.4. The fourth-order valence-electron chi connectivity index (χ4n) is 1.45. The highest BCUT2D eigenvalue weighted by atomic mass is 19.1. The van der Waals surface area contributed by atoms with Crippen molar-refractivity contribution < 1.29 is 13.9 Å². The molecular formula is C14H22FNO2. The van der Waals surface area contributed by atoms with E-state index in [9.17, 15) is 4.39 Å². The van der Waals surface area contributed by atoms with Crippen LogP contribution in [0, 0.1) is 11.7 Å². The molecule has 0 aliphatic rings. The molecule has 2 N–H and O–H groups in total. The minimum absolute atomic E-state index is 0.226. The molecule has 1 unspecified atom stereocenters. The highest BCUT2D eigenvalue weighted by Crippen LogP contribution is 2.11. The van der Waals surface area contributed by atoms with Crippen molar-refractivity contribution >= 4 is 0 Å². The maximum absolute atomic E-state index is 12.7. The molecule has 1 aromatic rings. The summed E-state index contributed by atoms with van der Waals surface area (Å²) >= 11 is 0. The second kappa shape index (κ2) is 8.19. The molecule has 0 aliphatic carbocycles. The Morgan fingerprint density at radius 2 is 1.61 bits per heavy atom. The van der Waals surface area contributed by atoms with Gasteiger partial charge in [0, 0.05) is 6.61 Å². The van der Waals surface area contributed by atoms with Crippen LogP contribution in [-0.2, 0) is 9.47 Å². The standard InChI is InChI=1S/C14H22FNO2/c1-11(2)9-17-7-8-18-10-14(16)12-3-5-13(15)6-4-12/h3-6,11,14H,7-10,16H2,1-2H3. The Bertz CT molecular complexity index is 327. The third-order valence-electron chi connectivity index (χ3n) is 2.42. The lowest BCUT2D eigenvalue weighted by Crippen LogP contribution is -2.19. The first kappa shape index (κ1) is 15.1. The largest absolute Gasteiger partial charge is 0.379 e. The summed E-state index contributed by atoms with van der Waals surface area (Å²) in [7, 11) is 0. The van der Waals surface area contributed by atoms with Gasteiger partial charge in [-0.2, -0.15) is 0 Å². The van der Waals surface area contributed by atoms with Crippen molar-refractivity contribution in [3.63, 3.8) is 0 Å². The molecule has 0 aromatic heterocycles. The van der Waals surface area contributed by atoms with Crippen LogP contribution >= 0.6 is 0 Å². The van der Waals surface area contributed by atoms with Crippen molar-refractivity contribution in [3.8, 4) is 0 Å². The molecule has 0 saturated heterocycles. The van der Waals surface area contributed by atoms with Crippen LogP contribution in [-0.4, -0.2) is 26.4 Å². The zero-order valence-electron chi connectivity index (χ0n) is 11.1. The van der Waals surface area contributed by atoms with Crippen LogP contribution in [0.5, 0.6) is 0 Å². The van der Waals surface area contributed by atoms with Crippen LogP contribution in [0.15, 0.2) is 24.3 Å². The lowest BCUT2D eigenvalue weighted by molar-refractivity contribution is 0.0333. The highest BCUT2D eigenvalue weighted by Gasteiger charge is 2.06. The molecule has 0 heterocycles. The SMILES string of the molecule is CC(C)COCCOCC(N)c1ccc(F)cc1. The molecule has 102 valence electrons. The Kier molecular flexibility index (Phi) is 6.86. The van der Waals surface area contributed by atoms with Gasteiger partial charge >= 0.3 is 0 Å². The first-order chi connectivity index (χ1) is 8.59. The Hall–Kier alpha value is -0.970. The zero-order valence-corrected chi connectivity index (χ0v) is 11.1. The summed E-state index contributed by atoms with van der Waals surface area (Å²) in [6, 6.07) is 5.94. The molecule has 1 rings (SSSR count). The van der Waals surface area contributed by atoms with Gasteiger partial charge in [-0.3, -0.25) is 0 Å². The first-order valence-corrected chi connectivity index (χ1v) is 6.26. The molecular weight excluding hydrogens is 233 g/mol. The summed E-state index contributed by atoms with van der Waals surface area (Å²) in [4.78, 5) is 0. The minimum Gasteiger partial charge on any atom is -0.379 e. The van der Waals surface area contributed by atoms with Crippen molar-refractivity contribution in [2.75, 3.05) is 26.4 Å². The third-order valence-corrected chi connectivity index (χ3v) is 2.42. The van der Waals surface area contributed by atoms with Gasteiger partial charge in [-0.25, -0.2) is 4.39 Å². The van der Waals surface area contributed by atoms with Gasteiger partial charge in [0.05, 0.1) is 25.9 Å². The fourth-order valence-corrected chi connectivity index (χ4v) is 1.45. The van der Waals surface area contributed by atoms with E-state index in [4.69, 9.17) is 15.2 Å². The van der Waals surface area contributed by atoms with Gasteiger partial charge < -0.3 is 15.2 Å². The normalized spacial score (nSPS) is 12.9. The van der Waals surface area contributed by atoms with E-state index >= 15 is 0 Å². The van der Waals surface area contributed by atoms with Crippen LogP contribution in [0.1, 0.15) is 25.5 Å². The number of halogens is 1. The van der Waals surface area contributed by atoms with Crippen LogP contribution in [0.25, 0.3) is 0 Å². The molecule has 1 atom stereocenters. The molecule has 0 fully saturated rings. The van der Waals surface area contributed by atoms with Gasteiger partial charge in [-0.15, -0.1) is 0 Å². The second-order valence-electron chi connectivity index (χ2n) is 4.70. The quantitative estimate of drug-likeness (QED) is 0.726. The first-order valence-electron chi connectivity index (χ1n) is 6.26. The average molecular weight is 255 g/mol. The molecule has 1 aromatic carbocycles. The number of nitrogens with two attached hydrogens (primary N) is 1. The number of hydrogen-bond acceptors (Lipinski definition) is 3. The van der Waals surface area contributed by atoms with E-state index < -0.39 is 0 Å². The van der Waals surface area contributed by atoms with E-state index in [0.717, 1.165) is 12.2 Å². The molecule has 0 aliphatic heterocycles. The van der Waals surface area contributed by atoms with E-state index in [0.29, 0.717) is 25.7 Å². The molecule has 0 amide bonds. The van der Waals surface area contributed by atoms with Crippen LogP contribution in [0.3, 0.4) is 0 Å². The summed E-state index contributed by atoms with van der Waals surface area (Å²) in [6.07, 6.45) is 0. The van der Waals surface area contributed by atoms with E-state index in [1.165, 1.54) is 12.1 Å². The number of hydrogen-bond donors (Lipinski definition) is 1. The van der Waals surface area contributed by atoms with Crippen LogP contribution < -0.4 is 5.73 Å². The molecule has 0 spiro atoms. The summed E-state index contributed by atoms with van der Waals surface area (Å²) in [5, 5.41) is 0. The smallest absolute Gasteiger partial charge is 0.123 e. The number of benzene rings is 1. The van der Waals surface area contributed by atoms with Crippen molar-refractivity contribution in [2.45, 2.75) is 19.9 Å². The van der Waals surface area contributed by atoms with Gasteiger partial charge in [0.2, 0.25) is 0 Å². The Morgan fingerprint density at radius 1 is 1.06 bits per heavy atom. The molecule has 3 nitrogen and oxygen atoms in total. The lowest BCUT2D eigenvalue weighted by atomic mass is 10.1. The monoisotopic (exact) mass is 255 g/mol. The van der Waals surface area contributed by atoms with E-state index in [1.54, 1.807) is 12.1 Å². The third kappa shape index (κ3) is 6.10. The summed E-state index contributed by atoms with van der Waals surface area (Å²) in [5.41, 5.74) is 6.79. The second-order valence-corrected chi connectivity index (χ2v) is 4.70. The Morgan fingerprint density at radius 3 is 2.17 bits per heavy atom. The van der Waals surface area contributed by atoms with Gasteiger partial charge in [0.15, 0.2) is 0 Å². The fraction of sp³-hybridized carbons (Fsp3) is 0.571. The average Bonchev–Trinajstić information content (AvgIpc) is 2.34. The predicted molar refractivity (Wildman–Crippen MR) is 69.8 cm³/mol. The van der Waals surface area contributed by atoms with Gasteiger partial charge in [0.25, 0.3) is 0 Å². The van der Waals surface area contributed by atoms with E-state index in [-0.39, 0.29) is 11.9 Å². The minimum atomic E-state index is -0.256. The summed E-state index contributed by atoms with van der Waals surface area (Å²) in [6.45, 7) is 6.47. The van der Waals surface area contributed by atoms with Crippen LogP contribution in [0.4, 0.5) is 4.39 Å². The lowest BCUT2D eigenvalue weighted by Gasteiger charge is -2.13. The van der Waals surface area contributed by atoms with E-state index in [1.807, 2.05) is 0 Å². The van der Waals surface area contributed by atoms with Crippen molar-refractivity contribution in [1.82, 2.24) is 0 Å². The Balaban J connectivity index is 2.13. The summed E-state index contributed by atoms with van der Waals surface area (Å²) < 4.78 is 23.5. The van der Waals surface area contributed by atoms with Crippen molar-refractivity contribution in [3.05, 3.63) is 35.6 Å². The number of ether oxygens (including phenoxy) is 2. The topological polar surface area (TPSA) is 44.5 Å². The maximum atomic E-state index is 12.7. The van der Waals surface area contributed by atoms with Crippen molar-refractivity contribution in [2.24, 2.45) is 11.7 Å². The Labute approximate surface area is 108 Å². The van der Waals surface area contributed by atoms with Crippen LogP contribution in [0.2, 0.25) is 0 Å². The molecule has 4 heteroatoms. The molecule has 18 heavy (non-hydrogen) atoms. The van der Waals surface area contributed by atoms with Gasteiger partial charge in [-0.05, 0) is 23.6 Å². The van der Waals surface area contributed by atoms with Gasteiger partial charge in [-0.1, -0.05) is 26.0 Å². The number of rotatable bonds is 8.